The van der Waals surface area contributed by atoms with Crippen LogP contribution in [-0.4, -0.2) is 36.6 Å². The predicted octanol–water partition coefficient (Wildman–Crippen LogP) is 2.88. The molecule has 2 nitrogen and oxygen atoms in total. The molecular weight excluding hydrogens is 184 g/mol. The van der Waals surface area contributed by atoms with Crippen molar-refractivity contribution < 1.29 is 1.43 Å². The van der Waals surface area contributed by atoms with Crippen molar-refractivity contribution in [3.63, 3.8) is 0 Å². The quantitative estimate of drug-likeness (QED) is 0.757. The van der Waals surface area contributed by atoms with Crippen LogP contribution < -0.4 is 5.32 Å². The van der Waals surface area contributed by atoms with Crippen LogP contribution in [0, 0.1) is 0 Å². The Morgan fingerprint density at radius 2 is 1.87 bits per heavy atom. The second kappa shape index (κ2) is 6.49. The summed E-state index contributed by atoms with van der Waals surface area (Å²) in [6.45, 7) is 8.01. The predicted molar refractivity (Wildman–Crippen MR) is 69.4 cm³/mol. The summed E-state index contributed by atoms with van der Waals surface area (Å²) in [5.74, 6) is 0. The van der Waals surface area contributed by atoms with E-state index in [0.29, 0.717) is 6.04 Å². The smallest absolute Gasteiger partial charge is 0.00933 e. The lowest BCUT2D eigenvalue weighted by Gasteiger charge is -2.35. The molecule has 0 aromatic rings. The Hall–Kier alpha value is -0.0800. The van der Waals surface area contributed by atoms with Gasteiger partial charge in [0.1, 0.15) is 0 Å². The standard InChI is InChI=1S/C13H28N2.H2/c1-5-10-15(4)13-8-6-12(7-9-13)14-11(2)3;/h11-14H,5-10H2,1-4H3;1H. The highest BCUT2D eigenvalue weighted by atomic mass is 15.1. The van der Waals surface area contributed by atoms with Crippen molar-refractivity contribution >= 4 is 0 Å². The number of nitrogens with zero attached hydrogens (tertiary/aromatic N) is 1. The van der Waals surface area contributed by atoms with Crippen LogP contribution in [0.2, 0.25) is 0 Å². The van der Waals surface area contributed by atoms with Crippen molar-refractivity contribution in [2.75, 3.05) is 13.6 Å². The van der Waals surface area contributed by atoms with Gasteiger partial charge in [0.2, 0.25) is 0 Å². The van der Waals surface area contributed by atoms with Gasteiger partial charge in [-0.05, 0) is 45.7 Å². The molecule has 0 heterocycles. The molecule has 15 heavy (non-hydrogen) atoms. The first-order chi connectivity index (χ1) is 7.13. The summed E-state index contributed by atoms with van der Waals surface area (Å²) in [6.07, 6.45) is 6.75. The first-order valence-electron chi connectivity index (χ1n) is 6.59. The van der Waals surface area contributed by atoms with Gasteiger partial charge < -0.3 is 10.2 Å². The zero-order valence-electron chi connectivity index (χ0n) is 10.9. The molecule has 0 aromatic carbocycles. The number of rotatable bonds is 5. The fraction of sp³-hybridized carbons (Fsp3) is 1.00. The second-order valence-corrected chi connectivity index (χ2v) is 5.31. The zero-order chi connectivity index (χ0) is 11.3. The summed E-state index contributed by atoms with van der Waals surface area (Å²) in [5.41, 5.74) is 0. The molecule has 92 valence electrons. The maximum Gasteiger partial charge on any atom is 0.00933 e. The first-order valence-corrected chi connectivity index (χ1v) is 6.59. The highest BCUT2D eigenvalue weighted by Gasteiger charge is 2.23. The third-order valence-corrected chi connectivity index (χ3v) is 3.47. The van der Waals surface area contributed by atoms with E-state index >= 15 is 0 Å². The van der Waals surface area contributed by atoms with E-state index in [1.165, 1.54) is 38.6 Å². The van der Waals surface area contributed by atoms with Crippen LogP contribution >= 0.6 is 0 Å². The van der Waals surface area contributed by atoms with Crippen molar-refractivity contribution in [2.45, 2.75) is 71.0 Å². The second-order valence-electron chi connectivity index (χ2n) is 5.31. The molecule has 0 bridgehead atoms. The SMILES string of the molecule is CCCN(C)C1CCC(NC(C)C)CC1.[HH]. The molecule has 1 aliphatic rings. The Balaban J connectivity index is 0.00000225. The van der Waals surface area contributed by atoms with E-state index in [4.69, 9.17) is 0 Å². The molecule has 0 amide bonds. The Bertz CT molecular complexity index is 165. The molecule has 1 rings (SSSR count). The van der Waals surface area contributed by atoms with Crippen molar-refractivity contribution in [1.82, 2.24) is 10.2 Å². The first kappa shape index (κ1) is 13.0. The van der Waals surface area contributed by atoms with Crippen LogP contribution in [0.3, 0.4) is 0 Å². The van der Waals surface area contributed by atoms with Gasteiger partial charge in [0.05, 0.1) is 0 Å². The summed E-state index contributed by atoms with van der Waals surface area (Å²) in [6, 6.07) is 2.26. The van der Waals surface area contributed by atoms with Crippen molar-refractivity contribution in [1.29, 1.82) is 0 Å². The average molecular weight is 214 g/mol. The van der Waals surface area contributed by atoms with Crippen LogP contribution in [0.25, 0.3) is 0 Å². The van der Waals surface area contributed by atoms with Crippen molar-refractivity contribution in [3.05, 3.63) is 0 Å². The molecule has 0 spiro atoms. The van der Waals surface area contributed by atoms with E-state index in [-0.39, 0.29) is 1.43 Å². The maximum atomic E-state index is 3.65. The summed E-state index contributed by atoms with van der Waals surface area (Å²) in [5, 5.41) is 3.65. The molecule has 0 aliphatic heterocycles. The monoisotopic (exact) mass is 214 g/mol. The van der Waals surface area contributed by atoms with Gasteiger partial charge in [0, 0.05) is 19.6 Å². The van der Waals surface area contributed by atoms with Gasteiger partial charge in [-0.3, -0.25) is 0 Å². The molecule has 1 aliphatic carbocycles. The summed E-state index contributed by atoms with van der Waals surface area (Å²) in [7, 11) is 2.28. The molecule has 1 fully saturated rings. The third-order valence-electron chi connectivity index (χ3n) is 3.47. The minimum absolute atomic E-state index is 0. The van der Waals surface area contributed by atoms with E-state index in [1.54, 1.807) is 0 Å². The fourth-order valence-electron chi connectivity index (χ4n) is 2.69. The maximum absolute atomic E-state index is 3.65. The van der Waals surface area contributed by atoms with Crippen LogP contribution in [0.1, 0.15) is 54.3 Å². The lowest BCUT2D eigenvalue weighted by atomic mass is 9.90. The van der Waals surface area contributed by atoms with E-state index in [0.717, 1.165) is 12.1 Å². The fourth-order valence-corrected chi connectivity index (χ4v) is 2.69. The van der Waals surface area contributed by atoms with Gasteiger partial charge in [0.25, 0.3) is 0 Å². The van der Waals surface area contributed by atoms with Gasteiger partial charge >= 0.3 is 0 Å². The largest absolute Gasteiger partial charge is 0.312 e. The lowest BCUT2D eigenvalue weighted by molar-refractivity contribution is 0.172. The van der Waals surface area contributed by atoms with E-state index < -0.39 is 0 Å². The summed E-state index contributed by atoms with van der Waals surface area (Å²) < 4.78 is 0. The number of hydrogen-bond donors (Lipinski definition) is 1. The molecule has 0 unspecified atom stereocenters. The minimum Gasteiger partial charge on any atom is -0.312 e. The Kier molecular flexibility index (Phi) is 5.62. The van der Waals surface area contributed by atoms with Gasteiger partial charge in [-0.1, -0.05) is 20.8 Å². The molecule has 0 saturated heterocycles. The summed E-state index contributed by atoms with van der Waals surface area (Å²) >= 11 is 0. The molecule has 0 aromatic heterocycles. The molecule has 0 radical (unpaired) electrons. The van der Waals surface area contributed by atoms with E-state index in [2.05, 4.69) is 38.0 Å². The van der Waals surface area contributed by atoms with Crippen LogP contribution in [0.4, 0.5) is 0 Å². The molecular formula is C13H30N2. The molecule has 1 saturated carbocycles. The Morgan fingerprint density at radius 3 is 2.33 bits per heavy atom. The van der Waals surface area contributed by atoms with Crippen molar-refractivity contribution in [3.8, 4) is 0 Å². The normalized spacial score (nSPS) is 27.6. The van der Waals surface area contributed by atoms with Gasteiger partial charge in [-0.2, -0.15) is 0 Å². The zero-order valence-corrected chi connectivity index (χ0v) is 10.9. The van der Waals surface area contributed by atoms with Gasteiger partial charge in [0.15, 0.2) is 0 Å². The topological polar surface area (TPSA) is 15.3 Å². The van der Waals surface area contributed by atoms with Gasteiger partial charge in [-0.25, -0.2) is 0 Å². The van der Waals surface area contributed by atoms with Crippen molar-refractivity contribution in [2.24, 2.45) is 0 Å². The highest BCUT2D eigenvalue weighted by Crippen LogP contribution is 2.22. The molecule has 0 atom stereocenters. The highest BCUT2D eigenvalue weighted by molar-refractivity contribution is 4.82. The summed E-state index contributed by atoms with van der Waals surface area (Å²) in [4.78, 5) is 2.55. The third kappa shape index (κ3) is 4.52. The molecule has 2 heteroatoms. The average Bonchev–Trinajstić information content (AvgIpc) is 2.18. The lowest BCUT2D eigenvalue weighted by Crippen LogP contribution is -2.43. The van der Waals surface area contributed by atoms with Crippen LogP contribution in [-0.2, 0) is 0 Å². The number of hydrogen-bond acceptors (Lipinski definition) is 2. The minimum atomic E-state index is 0. The van der Waals surface area contributed by atoms with Crippen LogP contribution in [0.5, 0.6) is 0 Å². The Labute approximate surface area is 96.9 Å². The van der Waals surface area contributed by atoms with Gasteiger partial charge in [-0.15, -0.1) is 0 Å². The van der Waals surface area contributed by atoms with E-state index in [9.17, 15) is 0 Å². The van der Waals surface area contributed by atoms with Crippen LogP contribution in [0.15, 0.2) is 0 Å². The molecule has 1 N–H and O–H groups in total. The number of nitrogens with one attached hydrogen (secondary N) is 1. The Morgan fingerprint density at radius 1 is 1.27 bits per heavy atom. The van der Waals surface area contributed by atoms with E-state index in [1.807, 2.05) is 0 Å².